The van der Waals surface area contributed by atoms with Gasteiger partial charge >= 0.3 is 12.2 Å². The second kappa shape index (κ2) is 9.72. The zero-order valence-corrected chi connectivity index (χ0v) is 21.8. The number of hydrogen-bond donors (Lipinski definition) is 3. The van der Waals surface area contributed by atoms with Gasteiger partial charge in [0.05, 0.1) is 5.56 Å². The van der Waals surface area contributed by atoms with Crippen LogP contribution in [-0.4, -0.2) is 65.1 Å². The van der Waals surface area contributed by atoms with Crippen LogP contribution in [-0.2, 0) is 18.1 Å². The van der Waals surface area contributed by atoms with Crippen molar-refractivity contribution in [2.75, 3.05) is 31.5 Å². The highest BCUT2D eigenvalue weighted by Gasteiger charge is 2.65. The summed E-state index contributed by atoms with van der Waals surface area (Å²) >= 11 is 1.63. The van der Waals surface area contributed by atoms with Crippen molar-refractivity contribution in [2.24, 2.45) is 11.7 Å². The number of anilines is 1. The second-order valence-electron chi connectivity index (χ2n) is 11.1. The first-order valence-electron chi connectivity index (χ1n) is 13.2. The number of nitrogens with zero attached hydrogens (tertiary/aromatic N) is 3. The number of alkyl halides is 3. The topological polar surface area (TPSA) is 86.5 Å². The van der Waals surface area contributed by atoms with E-state index in [1.54, 1.807) is 11.3 Å². The predicted molar refractivity (Wildman–Crippen MR) is 136 cm³/mol. The summed E-state index contributed by atoms with van der Waals surface area (Å²) < 4.78 is 53.6. The largest absolute Gasteiger partial charge is 0.419 e. The molecule has 2 aliphatic carbocycles. The van der Waals surface area contributed by atoms with Gasteiger partial charge in [0.25, 0.3) is 0 Å². The van der Waals surface area contributed by atoms with Crippen LogP contribution in [0.1, 0.15) is 47.6 Å². The molecule has 38 heavy (non-hydrogen) atoms. The third kappa shape index (κ3) is 4.69. The Hall–Kier alpha value is -2.28. The fraction of sp³-hybridized carbons (Fsp3) is 0.615. The molecule has 6 rings (SSSR count). The zero-order valence-electron chi connectivity index (χ0n) is 20.9. The Bertz CT molecular complexity index is 1210. The highest BCUT2D eigenvalue weighted by Crippen LogP contribution is 2.66. The van der Waals surface area contributed by atoms with Gasteiger partial charge in [0.1, 0.15) is 10.8 Å². The number of nitrogens with two attached hydrogens (primary N) is 1. The number of benzene rings is 1. The SMILES string of the molecule is NCc1ncc([C@]23CC[C@@H](N(CCCN4CC5CC4CN5)C(=O)Nc4ccc(F)c(C(F)(F)F)c4)[C@H]2C3)s1. The lowest BCUT2D eigenvalue weighted by Gasteiger charge is -2.32. The molecular weight excluding hydrogens is 520 g/mol. The molecular formula is C26H32F4N6OS. The first-order chi connectivity index (χ1) is 18.2. The molecule has 2 saturated carbocycles. The maximum Gasteiger partial charge on any atom is 0.419 e. The lowest BCUT2D eigenvalue weighted by atomic mass is 10.0. The summed E-state index contributed by atoms with van der Waals surface area (Å²) in [5.41, 5.74) is 4.33. The van der Waals surface area contributed by atoms with E-state index in [2.05, 4.69) is 20.5 Å². The van der Waals surface area contributed by atoms with Gasteiger partial charge in [-0.2, -0.15) is 13.2 Å². The summed E-state index contributed by atoms with van der Waals surface area (Å²) in [5.74, 6) is -1.08. The van der Waals surface area contributed by atoms with Gasteiger partial charge in [-0.25, -0.2) is 14.2 Å². The average Bonchev–Trinajstić information content (AvgIpc) is 3.39. The number of aromatic nitrogens is 1. The van der Waals surface area contributed by atoms with Crippen molar-refractivity contribution >= 4 is 23.1 Å². The molecule has 2 unspecified atom stereocenters. The molecule has 0 radical (unpaired) electrons. The van der Waals surface area contributed by atoms with Gasteiger partial charge in [0, 0.05) is 73.0 Å². The van der Waals surface area contributed by atoms with Crippen LogP contribution in [0.4, 0.5) is 28.0 Å². The first-order valence-corrected chi connectivity index (χ1v) is 14.1. The number of piperazine rings is 1. The van der Waals surface area contributed by atoms with Gasteiger partial charge in [0.2, 0.25) is 0 Å². The second-order valence-corrected chi connectivity index (χ2v) is 12.2. The lowest BCUT2D eigenvalue weighted by Crippen LogP contribution is -2.47. The minimum atomic E-state index is -4.84. The molecule has 7 nitrogen and oxygen atoms in total. The number of halogens is 4. The average molecular weight is 553 g/mol. The number of urea groups is 1. The van der Waals surface area contributed by atoms with E-state index in [4.69, 9.17) is 5.73 Å². The maximum atomic E-state index is 13.8. The Labute approximate surface area is 222 Å². The Balaban J connectivity index is 1.18. The van der Waals surface area contributed by atoms with Gasteiger partial charge in [0.15, 0.2) is 0 Å². The minimum absolute atomic E-state index is 0.00733. The summed E-state index contributed by atoms with van der Waals surface area (Å²) in [5, 5.41) is 7.03. The van der Waals surface area contributed by atoms with Crippen LogP contribution in [0.25, 0.3) is 0 Å². The van der Waals surface area contributed by atoms with E-state index in [1.807, 2.05) is 11.1 Å². The van der Waals surface area contributed by atoms with Crippen LogP contribution >= 0.6 is 11.3 Å². The standard InChI is InChI=1S/C26H32F4N6OS/c27-20-3-2-15(9-18(20)26(28,29)30)34-24(37)36(7-1-6-35-14-16-8-17(35)12-32-16)21-4-5-25(10-19(21)25)22-13-33-23(11-31)38-22/h2-3,9,13,16-17,19,21,32H,1,4-8,10-12,14,31H2,(H,34,37)/t16?,17?,19-,21-,25+/m1/s1. The van der Waals surface area contributed by atoms with Gasteiger partial charge in [-0.1, -0.05) is 0 Å². The normalized spacial score (nSPS) is 30.0. The number of likely N-dealkylation sites (tertiary alicyclic amines) is 1. The minimum Gasteiger partial charge on any atom is -0.325 e. The molecule has 2 bridgehead atoms. The summed E-state index contributed by atoms with van der Waals surface area (Å²) in [6.07, 6.45) is 1.73. The molecule has 206 valence electrons. The van der Waals surface area contributed by atoms with E-state index >= 15 is 0 Å². The summed E-state index contributed by atoms with van der Waals surface area (Å²) in [6.45, 7) is 3.78. The fourth-order valence-electron chi connectivity index (χ4n) is 6.95. The molecule has 0 spiro atoms. The molecule has 1 aromatic heterocycles. The predicted octanol–water partition coefficient (Wildman–Crippen LogP) is 4.15. The maximum absolute atomic E-state index is 13.8. The van der Waals surface area contributed by atoms with Crippen molar-refractivity contribution < 1.29 is 22.4 Å². The lowest BCUT2D eigenvalue weighted by molar-refractivity contribution is -0.139. The van der Waals surface area contributed by atoms with Crippen LogP contribution in [0.5, 0.6) is 0 Å². The van der Waals surface area contributed by atoms with E-state index in [1.165, 1.54) is 10.9 Å². The van der Waals surface area contributed by atoms with Crippen LogP contribution in [0.15, 0.2) is 24.4 Å². The molecule has 2 amide bonds. The van der Waals surface area contributed by atoms with Crippen molar-refractivity contribution in [3.63, 3.8) is 0 Å². The van der Waals surface area contributed by atoms with E-state index in [-0.39, 0.29) is 23.1 Å². The number of rotatable bonds is 8. The van der Waals surface area contributed by atoms with Gasteiger partial charge in [-0.15, -0.1) is 11.3 Å². The number of carbonyl (C=O) groups is 1. The van der Waals surface area contributed by atoms with Crippen molar-refractivity contribution in [1.82, 2.24) is 20.1 Å². The Morgan fingerprint density at radius 1 is 1.37 bits per heavy atom. The number of nitrogens with one attached hydrogen (secondary N) is 2. The third-order valence-corrected chi connectivity index (χ3v) is 10.1. The molecule has 4 fully saturated rings. The van der Waals surface area contributed by atoms with Crippen LogP contribution in [0, 0.1) is 11.7 Å². The van der Waals surface area contributed by atoms with Gasteiger partial charge in [-0.05, 0) is 56.2 Å². The Kier molecular flexibility index (Phi) is 6.64. The third-order valence-electron chi connectivity index (χ3n) is 8.90. The van der Waals surface area contributed by atoms with Crippen molar-refractivity contribution in [1.29, 1.82) is 0 Å². The number of hydrogen-bond acceptors (Lipinski definition) is 6. The monoisotopic (exact) mass is 552 g/mol. The van der Waals surface area contributed by atoms with Crippen molar-refractivity contribution in [2.45, 2.75) is 68.4 Å². The summed E-state index contributed by atoms with van der Waals surface area (Å²) in [4.78, 5) is 23.5. The van der Waals surface area contributed by atoms with Crippen molar-refractivity contribution in [3.8, 4) is 0 Å². The molecule has 5 atom stereocenters. The van der Waals surface area contributed by atoms with E-state index in [0.717, 1.165) is 62.8 Å². The van der Waals surface area contributed by atoms with Crippen LogP contribution < -0.4 is 16.4 Å². The molecule has 2 aliphatic heterocycles. The Morgan fingerprint density at radius 3 is 2.87 bits per heavy atom. The molecule has 2 aromatic rings. The highest BCUT2D eigenvalue weighted by molar-refractivity contribution is 7.11. The molecule has 4 aliphatic rings. The molecule has 3 heterocycles. The molecule has 4 N–H and O–H groups in total. The number of fused-ring (bicyclic) bond motifs is 3. The van der Waals surface area contributed by atoms with Crippen LogP contribution in [0.3, 0.4) is 0 Å². The summed E-state index contributed by atoms with van der Waals surface area (Å²) in [6, 6.07) is 3.22. The van der Waals surface area contributed by atoms with Gasteiger partial charge in [-0.3, -0.25) is 4.90 Å². The first kappa shape index (κ1) is 26.0. The fourth-order valence-corrected chi connectivity index (χ4v) is 8.03. The molecule has 2 saturated heterocycles. The smallest absolute Gasteiger partial charge is 0.325 e. The molecule has 1 aromatic carbocycles. The number of thiazole rings is 1. The highest BCUT2D eigenvalue weighted by atomic mass is 32.1. The van der Waals surface area contributed by atoms with Gasteiger partial charge < -0.3 is 21.3 Å². The molecule has 12 heteroatoms. The Morgan fingerprint density at radius 2 is 2.21 bits per heavy atom. The van der Waals surface area contributed by atoms with E-state index in [0.29, 0.717) is 31.2 Å². The zero-order chi connectivity index (χ0) is 26.7. The van der Waals surface area contributed by atoms with E-state index in [9.17, 15) is 22.4 Å². The quantitative estimate of drug-likeness (QED) is 0.429. The summed E-state index contributed by atoms with van der Waals surface area (Å²) in [7, 11) is 0. The van der Waals surface area contributed by atoms with E-state index < -0.39 is 23.6 Å². The van der Waals surface area contributed by atoms with Crippen molar-refractivity contribution in [3.05, 3.63) is 45.7 Å². The van der Waals surface area contributed by atoms with Crippen LogP contribution in [0.2, 0.25) is 0 Å². The number of carbonyl (C=O) groups excluding carboxylic acids is 1. The number of amides is 2.